The van der Waals surface area contributed by atoms with E-state index in [9.17, 15) is 14.3 Å². The van der Waals surface area contributed by atoms with Gasteiger partial charge in [0.1, 0.15) is 11.6 Å². The summed E-state index contributed by atoms with van der Waals surface area (Å²) < 4.78 is 16.2. The van der Waals surface area contributed by atoms with Crippen molar-refractivity contribution >= 4 is 23.3 Å². The zero-order valence-electron chi connectivity index (χ0n) is 15.7. The fourth-order valence-corrected chi connectivity index (χ4v) is 3.40. The van der Waals surface area contributed by atoms with Gasteiger partial charge in [-0.3, -0.25) is 9.56 Å². The van der Waals surface area contributed by atoms with Crippen molar-refractivity contribution in [3.8, 4) is 5.69 Å². The van der Waals surface area contributed by atoms with Crippen LogP contribution in [0.1, 0.15) is 47.0 Å². The number of fused-ring (bicyclic) bond motifs is 3. The lowest BCUT2D eigenvalue weighted by Gasteiger charge is -2.14. The summed E-state index contributed by atoms with van der Waals surface area (Å²) in [6.45, 7) is 5.79. The molecule has 0 amide bonds. The number of imidazole rings is 1. The van der Waals surface area contributed by atoms with Crippen molar-refractivity contribution in [2.24, 2.45) is 4.99 Å². The average Bonchev–Trinajstić information content (AvgIpc) is 2.92. The monoisotopic (exact) mass is 399 g/mol. The second-order valence-electron chi connectivity index (χ2n) is 5.90. The van der Waals surface area contributed by atoms with Gasteiger partial charge in [0, 0.05) is 16.1 Å². The van der Waals surface area contributed by atoms with Crippen LogP contribution in [0.2, 0.25) is 5.02 Å². The molecule has 1 aliphatic rings. The number of aryl methyl sites for hydroxylation is 1. The van der Waals surface area contributed by atoms with Crippen LogP contribution in [0, 0.1) is 12.7 Å². The lowest BCUT2D eigenvalue weighted by atomic mass is 10.00. The fraction of sp³-hybridized carbons (Fsp3) is 0.190. The molecule has 2 heterocycles. The first-order valence-corrected chi connectivity index (χ1v) is 9.26. The number of aromatic carboxylic acids is 1. The van der Waals surface area contributed by atoms with Gasteiger partial charge in [-0.25, -0.2) is 14.2 Å². The highest BCUT2D eigenvalue weighted by Crippen LogP contribution is 2.30. The smallest absolute Gasteiger partial charge is 0.356 e. The zero-order valence-corrected chi connectivity index (χ0v) is 16.5. The third-order valence-corrected chi connectivity index (χ3v) is 4.55. The molecule has 1 aromatic heterocycles. The lowest BCUT2D eigenvalue weighted by molar-refractivity contribution is 0.0689. The lowest BCUT2D eigenvalue weighted by Crippen LogP contribution is -2.09. The minimum absolute atomic E-state index is 0.0538. The molecule has 0 fully saturated rings. The second-order valence-corrected chi connectivity index (χ2v) is 6.34. The number of carboxylic acid groups (broad SMARTS) is 1. The normalized spacial score (nSPS) is 12.1. The number of nitrogens with zero attached hydrogens (tertiary/aromatic N) is 3. The van der Waals surface area contributed by atoms with Crippen LogP contribution in [-0.4, -0.2) is 26.3 Å². The van der Waals surface area contributed by atoms with Gasteiger partial charge in [-0.05, 0) is 37.3 Å². The Balaban J connectivity index is 0.00000109. The van der Waals surface area contributed by atoms with E-state index in [1.165, 1.54) is 6.07 Å². The largest absolute Gasteiger partial charge is 0.476 e. The van der Waals surface area contributed by atoms with Gasteiger partial charge >= 0.3 is 5.97 Å². The first-order chi connectivity index (χ1) is 13.5. The summed E-state index contributed by atoms with van der Waals surface area (Å²) in [4.78, 5) is 20.3. The fourth-order valence-electron chi connectivity index (χ4n) is 3.23. The Morgan fingerprint density at radius 2 is 1.89 bits per heavy atom. The van der Waals surface area contributed by atoms with Crippen LogP contribution < -0.4 is 0 Å². The molecule has 28 heavy (non-hydrogen) atoms. The van der Waals surface area contributed by atoms with Crippen LogP contribution in [0.4, 0.5) is 4.39 Å². The van der Waals surface area contributed by atoms with E-state index in [0.717, 1.165) is 0 Å². The van der Waals surface area contributed by atoms with Crippen LogP contribution in [0.15, 0.2) is 47.5 Å². The topological polar surface area (TPSA) is 67.5 Å². The van der Waals surface area contributed by atoms with E-state index in [-0.39, 0.29) is 12.2 Å². The van der Waals surface area contributed by atoms with Crippen LogP contribution in [0.5, 0.6) is 0 Å². The van der Waals surface area contributed by atoms with Gasteiger partial charge in [0.05, 0.1) is 23.6 Å². The summed E-state index contributed by atoms with van der Waals surface area (Å²) in [5.41, 5.74) is 2.45. The quantitative estimate of drug-likeness (QED) is 0.655. The molecule has 0 spiro atoms. The molecule has 1 aliphatic heterocycles. The molecule has 0 atom stereocenters. The Morgan fingerprint density at radius 3 is 2.57 bits per heavy atom. The molecule has 2 aromatic carbocycles. The van der Waals surface area contributed by atoms with Crippen LogP contribution in [-0.2, 0) is 6.54 Å². The molecule has 1 N–H and O–H groups in total. The molecule has 7 heteroatoms. The average molecular weight is 400 g/mol. The molecular formula is C21H19ClFN3O2. The molecule has 0 saturated heterocycles. The maximum absolute atomic E-state index is 14.4. The predicted molar refractivity (Wildman–Crippen MR) is 107 cm³/mol. The Kier molecular flexibility index (Phi) is 5.61. The highest BCUT2D eigenvalue weighted by atomic mass is 35.5. The van der Waals surface area contributed by atoms with Gasteiger partial charge in [-0.15, -0.1) is 0 Å². The molecule has 0 bridgehead atoms. The van der Waals surface area contributed by atoms with Crippen LogP contribution >= 0.6 is 11.6 Å². The number of carboxylic acids is 1. The number of halogens is 2. The molecule has 144 valence electrons. The van der Waals surface area contributed by atoms with E-state index in [1.54, 1.807) is 47.9 Å². The highest BCUT2D eigenvalue weighted by Gasteiger charge is 2.27. The third kappa shape index (κ3) is 3.31. The van der Waals surface area contributed by atoms with Crippen molar-refractivity contribution in [2.75, 3.05) is 0 Å². The number of benzene rings is 2. The summed E-state index contributed by atoms with van der Waals surface area (Å²) in [6, 6.07) is 11.5. The van der Waals surface area contributed by atoms with E-state index in [4.69, 9.17) is 11.6 Å². The summed E-state index contributed by atoms with van der Waals surface area (Å²) in [7, 11) is 0. The highest BCUT2D eigenvalue weighted by molar-refractivity contribution is 6.31. The molecule has 5 nitrogen and oxygen atoms in total. The SMILES string of the molecule is CC.Cc1nc(C(=O)O)c2n1-c1ccc(Cl)cc1C(c1ccccc1F)=NC2. The second kappa shape index (κ2) is 7.94. The minimum Gasteiger partial charge on any atom is -0.476 e. The summed E-state index contributed by atoms with van der Waals surface area (Å²) in [5.74, 6) is -1.01. The summed E-state index contributed by atoms with van der Waals surface area (Å²) >= 11 is 6.18. The predicted octanol–water partition coefficient (Wildman–Crippen LogP) is 5.05. The van der Waals surface area contributed by atoms with E-state index in [1.807, 2.05) is 13.8 Å². The molecule has 3 aromatic rings. The van der Waals surface area contributed by atoms with Crippen molar-refractivity contribution < 1.29 is 14.3 Å². The van der Waals surface area contributed by atoms with Gasteiger partial charge in [0.15, 0.2) is 5.69 Å². The van der Waals surface area contributed by atoms with Gasteiger partial charge in [-0.1, -0.05) is 37.6 Å². The van der Waals surface area contributed by atoms with Crippen molar-refractivity contribution in [3.05, 3.63) is 81.6 Å². The van der Waals surface area contributed by atoms with Crippen LogP contribution in [0.3, 0.4) is 0 Å². The number of aromatic nitrogens is 2. The molecule has 0 aliphatic carbocycles. The number of rotatable bonds is 2. The number of carbonyl (C=O) groups is 1. The molecule has 0 radical (unpaired) electrons. The van der Waals surface area contributed by atoms with Gasteiger partial charge in [0.25, 0.3) is 0 Å². The number of hydrogen-bond donors (Lipinski definition) is 1. The van der Waals surface area contributed by atoms with Crippen molar-refractivity contribution in [1.29, 1.82) is 0 Å². The number of hydrogen-bond acceptors (Lipinski definition) is 3. The maximum atomic E-state index is 14.4. The van der Waals surface area contributed by atoms with E-state index < -0.39 is 11.8 Å². The van der Waals surface area contributed by atoms with Crippen molar-refractivity contribution in [3.63, 3.8) is 0 Å². The Morgan fingerprint density at radius 1 is 1.18 bits per heavy atom. The first kappa shape index (κ1) is 19.8. The van der Waals surface area contributed by atoms with Gasteiger partial charge in [-0.2, -0.15) is 0 Å². The van der Waals surface area contributed by atoms with E-state index in [2.05, 4.69) is 9.98 Å². The van der Waals surface area contributed by atoms with Crippen molar-refractivity contribution in [2.45, 2.75) is 27.3 Å². The molecular weight excluding hydrogens is 381 g/mol. The Labute approximate surface area is 167 Å². The van der Waals surface area contributed by atoms with Crippen LogP contribution in [0.25, 0.3) is 5.69 Å². The Bertz CT molecular complexity index is 1090. The maximum Gasteiger partial charge on any atom is 0.356 e. The summed E-state index contributed by atoms with van der Waals surface area (Å²) in [6.07, 6.45) is 0. The molecule has 0 saturated carbocycles. The first-order valence-electron chi connectivity index (χ1n) is 8.88. The van der Waals surface area contributed by atoms with E-state index >= 15 is 0 Å². The minimum atomic E-state index is -1.12. The van der Waals surface area contributed by atoms with E-state index in [0.29, 0.717) is 39.1 Å². The summed E-state index contributed by atoms with van der Waals surface area (Å²) in [5, 5.41) is 9.94. The standard InChI is InChI=1S/C19H13ClFN3O2.C2H6/c1-10-23-18(19(25)26)16-9-22-17(12-4-2-3-5-14(12)21)13-8-11(20)6-7-15(13)24(10)16;1-2/h2-8H,9H2,1H3,(H,25,26);1-2H3. The van der Waals surface area contributed by atoms with Gasteiger partial charge in [0.2, 0.25) is 0 Å². The zero-order chi connectivity index (χ0) is 20.4. The molecule has 0 unspecified atom stereocenters. The van der Waals surface area contributed by atoms with Gasteiger partial charge < -0.3 is 5.11 Å². The number of aliphatic imine (C=N–C) groups is 1. The Hall–Kier alpha value is -2.99. The molecule has 4 rings (SSSR count). The van der Waals surface area contributed by atoms with Crippen molar-refractivity contribution in [1.82, 2.24) is 9.55 Å². The third-order valence-electron chi connectivity index (χ3n) is 4.31.